The number of hydrogen-bond donors (Lipinski definition) is 1. The predicted molar refractivity (Wildman–Crippen MR) is 69.2 cm³/mol. The molecule has 5 heteroatoms. The second-order valence-electron chi connectivity index (χ2n) is 4.53. The van der Waals surface area contributed by atoms with E-state index in [2.05, 4.69) is 15.5 Å². The van der Waals surface area contributed by atoms with E-state index in [0.29, 0.717) is 5.82 Å². The van der Waals surface area contributed by atoms with Gasteiger partial charge in [-0.1, -0.05) is 24.3 Å². The first-order valence-electron chi connectivity index (χ1n) is 5.97. The molecule has 1 aromatic heterocycles. The number of nitrogens with one attached hydrogen (secondary N) is 1. The van der Waals surface area contributed by atoms with Gasteiger partial charge in [0.15, 0.2) is 5.82 Å². The first-order valence-corrected chi connectivity index (χ1v) is 5.97. The predicted octanol–water partition coefficient (Wildman–Crippen LogP) is 1.27. The molecule has 0 bridgehead atoms. The third kappa shape index (κ3) is 1.77. The molecule has 1 unspecified atom stereocenters. The van der Waals surface area contributed by atoms with Gasteiger partial charge in [0.05, 0.1) is 6.20 Å². The highest BCUT2D eigenvalue weighted by Crippen LogP contribution is 2.22. The molecule has 1 atom stereocenters. The average molecular weight is 242 g/mol. The van der Waals surface area contributed by atoms with Crippen LogP contribution in [-0.2, 0) is 4.79 Å². The van der Waals surface area contributed by atoms with Crippen LogP contribution in [0.5, 0.6) is 0 Å². The van der Waals surface area contributed by atoms with Gasteiger partial charge in [-0.25, -0.2) is 0 Å². The van der Waals surface area contributed by atoms with Crippen molar-refractivity contribution in [3.8, 4) is 0 Å². The normalized spacial score (nSPS) is 19.5. The van der Waals surface area contributed by atoms with E-state index in [9.17, 15) is 4.79 Å². The molecular weight excluding hydrogens is 228 g/mol. The summed E-state index contributed by atoms with van der Waals surface area (Å²) in [6.45, 7) is 0.786. The highest BCUT2D eigenvalue weighted by Gasteiger charge is 2.29. The Kier molecular flexibility index (Phi) is 2.59. The number of fused-ring (bicyclic) bond motifs is 1. The number of amides is 1. The minimum absolute atomic E-state index is 0.115. The summed E-state index contributed by atoms with van der Waals surface area (Å²) < 4.78 is 0. The van der Waals surface area contributed by atoms with Crippen LogP contribution < -0.4 is 5.32 Å². The molecule has 5 nitrogen and oxygen atoms in total. The van der Waals surface area contributed by atoms with Crippen LogP contribution in [0.4, 0.5) is 5.82 Å². The summed E-state index contributed by atoms with van der Waals surface area (Å²) in [7, 11) is 1.82. The molecule has 1 fully saturated rings. The van der Waals surface area contributed by atoms with E-state index < -0.39 is 0 Å². The molecule has 18 heavy (non-hydrogen) atoms. The van der Waals surface area contributed by atoms with Crippen LogP contribution in [0.1, 0.15) is 6.42 Å². The Morgan fingerprint density at radius 1 is 1.39 bits per heavy atom. The Morgan fingerprint density at radius 3 is 3.00 bits per heavy atom. The number of carbonyl (C=O) groups excluding carboxylic acids is 1. The first-order chi connectivity index (χ1) is 8.75. The van der Waals surface area contributed by atoms with Gasteiger partial charge in [-0.2, -0.15) is 5.10 Å². The molecule has 92 valence electrons. The fourth-order valence-electron chi connectivity index (χ4n) is 2.26. The van der Waals surface area contributed by atoms with Gasteiger partial charge in [0.2, 0.25) is 5.91 Å². The molecule has 2 heterocycles. The van der Waals surface area contributed by atoms with Crippen LogP contribution in [0.25, 0.3) is 10.8 Å². The first kappa shape index (κ1) is 11.0. The lowest BCUT2D eigenvalue weighted by Crippen LogP contribution is -2.31. The van der Waals surface area contributed by atoms with Crippen molar-refractivity contribution in [2.75, 3.05) is 18.9 Å². The van der Waals surface area contributed by atoms with Crippen LogP contribution in [0, 0.1) is 0 Å². The monoisotopic (exact) mass is 242 g/mol. The topological polar surface area (TPSA) is 58.1 Å². The van der Waals surface area contributed by atoms with Crippen molar-refractivity contribution >= 4 is 22.5 Å². The van der Waals surface area contributed by atoms with Gasteiger partial charge >= 0.3 is 0 Å². The summed E-state index contributed by atoms with van der Waals surface area (Å²) in [6, 6.07) is 7.70. The van der Waals surface area contributed by atoms with Crippen molar-refractivity contribution in [2.24, 2.45) is 0 Å². The summed E-state index contributed by atoms with van der Waals surface area (Å²) in [4.78, 5) is 13.6. The van der Waals surface area contributed by atoms with E-state index in [1.807, 2.05) is 31.3 Å². The highest BCUT2D eigenvalue weighted by atomic mass is 16.2. The average Bonchev–Trinajstić information content (AvgIpc) is 2.71. The molecule has 0 saturated carbocycles. The maximum absolute atomic E-state index is 11.9. The molecule has 0 radical (unpaired) electrons. The van der Waals surface area contributed by atoms with Gasteiger partial charge in [0.1, 0.15) is 6.04 Å². The summed E-state index contributed by atoms with van der Waals surface area (Å²) in [5, 5.41) is 13.3. The zero-order valence-corrected chi connectivity index (χ0v) is 10.1. The second-order valence-corrected chi connectivity index (χ2v) is 4.53. The maximum atomic E-state index is 11.9. The van der Waals surface area contributed by atoms with E-state index >= 15 is 0 Å². The van der Waals surface area contributed by atoms with Crippen LogP contribution in [0.3, 0.4) is 0 Å². The molecule has 1 saturated heterocycles. The third-order valence-corrected chi connectivity index (χ3v) is 3.31. The summed E-state index contributed by atoms with van der Waals surface area (Å²) in [6.07, 6.45) is 2.53. The van der Waals surface area contributed by atoms with Crippen molar-refractivity contribution < 1.29 is 4.79 Å². The van der Waals surface area contributed by atoms with Crippen molar-refractivity contribution in [2.45, 2.75) is 12.5 Å². The molecular formula is C13H14N4O. The van der Waals surface area contributed by atoms with Crippen LogP contribution in [0.15, 0.2) is 30.5 Å². The molecule has 1 N–H and O–H groups in total. The van der Waals surface area contributed by atoms with Gasteiger partial charge in [-0.3, -0.25) is 4.79 Å². The zero-order chi connectivity index (χ0) is 12.5. The van der Waals surface area contributed by atoms with Gasteiger partial charge in [-0.05, 0) is 6.42 Å². The molecule has 0 spiro atoms. The van der Waals surface area contributed by atoms with Crippen LogP contribution >= 0.6 is 0 Å². The Bertz CT molecular complexity index is 593. The molecule has 0 aliphatic carbocycles. The van der Waals surface area contributed by atoms with Gasteiger partial charge in [0, 0.05) is 24.4 Å². The lowest BCUT2D eigenvalue weighted by atomic mass is 10.2. The Morgan fingerprint density at radius 2 is 2.22 bits per heavy atom. The molecule has 3 rings (SSSR count). The summed E-state index contributed by atoms with van der Waals surface area (Å²) in [5.41, 5.74) is 0. The van der Waals surface area contributed by atoms with Gasteiger partial charge in [0.25, 0.3) is 0 Å². The van der Waals surface area contributed by atoms with Gasteiger partial charge in [-0.15, -0.1) is 5.10 Å². The lowest BCUT2D eigenvalue weighted by molar-refractivity contribution is -0.127. The summed E-state index contributed by atoms with van der Waals surface area (Å²) >= 11 is 0. The number of hydrogen-bond acceptors (Lipinski definition) is 4. The number of nitrogens with zero attached hydrogens (tertiary/aromatic N) is 3. The number of carbonyl (C=O) groups is 1. The standard InChI is InChI=1S/C13H14N4O/c1-17-7-6-11(13(17)18)15-12-10-5-3-2-4-9(10)8-14-16-12/h2-5,8,11H,6-7H2,1H3,(H,15,16). The van der Waals surface area contributed by atoms with E-state index in [1.165, 1.54) is 0 Å². The Balaban J connectivity index is 1.93. The van der Waals surface area contributed by atoms with Crippen LogP contribution in [0.2, 0.25) is 0 Å². The van der Waals surface area contributed by atoms with Crippen molar-refractivity contribution in [3.05, 3.63) is 30.5 Å². The number of aromatic nitrogens is 2. The number of benzene rings is 1. The molecule has 1 aliphatic rings. The minimum Gasteiger partial charge on any atom is -0.356 e. The number of anilines is 1. The minimum atomic E-state index is -0.185. The Labute approximate surface area is 105 Å². The number of rotatable bonds is 2. The number of likely N-dealkylation sites (tertiary alicyclic amines) is 1. The second kappa shape index (κ2) is 4.25. The van der Waals surface area contributed by atoms with Crippen molar-refractivity contribution in [1.29, 1.82) is 0 Å². The Hall–Kier alpha value is -2.17. The highest BCUT2D eigenvalue weighted by molar-refractivity contribution is 5.93. The maximum Gasteiger partial charge on any atom is 0.244 e. The molecule has 1 amide bonds. The van der Waals surface area contributed by atoms with Gasteiger partial charge < -0.3 is 10.2 Å². The smallest absolute Gasteiger partial charge is 0.244 e. The van der Waals surface area contributed by atoms with Crippen molar-refractivity contribution in [1.82, 2.24) is 15.1 Å². The van der Waals surface area contributed by atoms with Crippen molar-refractivity contribution in [3.63, 3.8) is 0 Å². The fraction of sp³-hybridized carbons (Fsp3) is 0.308. The van der Waals surface area contributed by atoms with E-state index in [0.717, 1.165) is 23.7 Å². The molecule has 1 aliphatic heterocycles. The molecule has 1 aromatic carbocycles. The summed E-state index contributed by atoms with van der Waals surface area (Å²) in [5.74, 6) is 0.798. The zero-order valence-electron chi connectivity index (χ0n) is 10.1. The fourth-order valence-corrected chi connectivity index (χ4v) is 2.26. The third-order valence-electron chi connectivity index (χ3n) is 3.31. The number of likely N-dealkylation sites (N-methyl/N-ethyl adjacent to an activating group) is 1. The van der Waals surface area contributed by atoms with Crippen LogP contribution in [-0.4, -0.2) is 40.6 Å². The largest absolute Gasteiger partial charge is 0.356 e. The lowest BCUT2D eigenvalue weighted by Gasteiger charge is -2.13. The van der Waals surface area contributed by atoms with E-state index in [-0.39, 0.29) is 11.9 Å². The quantitative estimate of drug-likeness (QED) is 0.861. The molecule has 2 aromatic rings. The SMILES string of the molecule is CN1CCC(Nc2nncc3ccccc23)C1=O. The van der Waals surface area contributed by atoms with E-state index in [1.54, 1.807) is 11.1 Å². The van der Waals surface area contributed by atoms with E-state index in [4.69, 9.17) is 0 Å².